The number of aromatic nitrogens is 2. The lowest BCUT2D eigenvalue weighted by atomic mass is 10.1. The van der Waals surface area contributed by atoms with Crippen molar-refractivity contribution in [3.05, 3.63) is 17.7 Å². The minimum absolute atomic E-state index is 0.340. The largest absolute Gasteiger partial charge is 0.394 e. The van der Waals surface area contributed by atoms with Gasteiger partial charge in [0.2, 0.25) is 0 Å². The van der Waals surface area contributed by atoms with Gasteiger partial charge in [-0.1, -0.05) is 0 Å². The lowest BCUT2D eigenvalue weighted by Gasteiger charge is -2.17. The molecule has 0 spiro atoms. The van der Waals surface area contributed by atoms with Crippen molar-refractivity contribution in [3.8, 4) is 0 Å². The van der Waals surface area contributed by atoms with Gasteiger partial charge in [0.05, 0.1) is 12.9 Å². The van der Waals surface area contributed by atoms with Crippen molar-refractivity contribution in [2.45, 2.75) is 24.5 Å². The summed E-state index contributed by atoms with van der Waals surface area (Å²) in [5, 5.41) is 28.5. The van der Waals surface area contributed by atoms with Crippen molar-refractivity contribution in [2.75, 3.05) is 6.61 Å². The van der Waals surface area contributed by atoms with Gasteiger partial charge >= 0.3 is 0 Å². The van der Waals surface area contributed by atoms with Crippen LogP contribution in [0.2, 0.25) is 0 Å². The van der Waals surface area contributed by atoms with Crippen LogP contribution in [-0.2, 0) is 4.74 Å². The van der Waals surface area contributed by atoms with E-state index in [9.17, 15) is 19.8 Å². The first-order valence-corrected chi connectivity index (χ1v) is 5.67. The third kappa shape index (κ3) is 2.14. The van der Waals surface area contributed by atoms with Crippen molar-refractivity contribution in [1.82, 2.24) is 9.55 Å². The van der Waals surface area contributed by atoms with Crippen molar-refractivity contribution in [3.63, 3.8) is 0 Å². The van der Waals surface area contributed by atoms with Crippen molar-refractivity contribution in [1.29, 1.82) is 0 Å². The molecule has 0 aromatic carbocycles. The maximum absolute atomic E-state index is 11.4. The summed E-state index contributed by atoms with van der Waals surface area (Å²) in [5.41, 5.74) is 9.51. The third-order valence-electron chi connectivity index (χ3n) is 3.05. The summed E-state index contributed by atoms with van der Waals surface area (Å²) in [6, 6.07) is 0. The lowest BCUT2D eigenvalue weighted by Crippen LogP contribution is -2.34. The monoisotopic (exact) mass is 286 g/mol. The van der Waals surface area contributed by atoms with Crippen LogP contribution in [0.15, 0.2) is 6.33 Å². The zero-order chi connectivity index (χ0) is 15.0. The number of rotatable bonds is 4. The Morgan fingerprint density at radius 3 is 2.40 bits per heavy atom. The first-order chi connectivity index (χ1) is 9.38. The molecule has 10 nitrogen and oxygen atoms in total. The van der Waals surface area contributed by atoms with Crippen LogP contribution >= 0.6 is 0 Å². The molecule has 1 aliphatic rings. The number of carbonyl (C=O) groups is 2. The van der Waals surface area contributed by atoms with Gasteiger partial charge in [-0.3, -0.25) is 14.2 Å². The molecule has 1 aliphatic heterocycles. The molecule has 20 heavy (non-hydrogen) atoms. The van der Waals surface area contributed by atoms with E-state index in [1.807, 2.05) is 0 Å². The number of carbonyl (C=O) groups excluding carboxylic acids is 2. The Hall–Kier alpha value is -2.01. The highest BCUT2D eigenvalue weighted by atomic mass is 16.6. The average Bonchev–Trinajstić information content (AvgIpc) is 2.93. The highest BCUT2D eigenvalue weighted by Gasteiger charge is 2.44. The molecule has 4 atom stereocenters. The molecule has 2 heterocycles. The predicted octanol–water partition coefficient (Wildman–Crippen LogP) is -3.31. The lowest BCUT2D eigenvalue weighted by molar-refractivity contribution is -0.0534. The SMILES string of the molecule is NC(=O)c1ncn([C@H]2O[C@@H](CO)[C@H](O)[C@@H]2O)c1C(N)=O. The van der Waals surface area contributed by atoms with Crippen molar-refractivity contribution >= 4 is 11.8 Å². The zero-order valence-corrected chi connectivity index (χ0v) is 10.2. The van der Waals surface area contributed by atoms with Gasteiger partial charge in [-0.05, 0) is 0 Å². The first kappa shape index (κ1) is 14.4. The van der Waals surface area contributed by atoms with Crippen molar-refractivity contribution < 1.29 is 29.6 Å². The highest BCUT2D eigenvalue weighted by Crippen LogP contribution is 2.30. The molecule has 0 saturated carbocycles. The van der Waals surface area contributed by atoms with Crippen LogP contribution in [-0.4, -0.2) is 61.6 Å². The van der Waals surface area contributed by atoms with E-state index in [1.165, 1.54) is 0 Å². The Balaban J connectivity index is 2.44. The first-order valence-electron chi connectivity index (χ1n) is 5.67. The second-order valence-electron chi connectivity index (χ2n) is 4.31. The number of aliphatic hydroxyl groups is 3. The Morgan fingerprint density at radius 1 is 1.30 bits per heavy atom. The fraction of sp³-hybridized carbons (Fsp3) is 0.500. The fourth-order valence-electron chi connectivity index (χ4n) is 2.09. The maximum atomic E-state index is 11.4. The van der Waals surface area contributed by atoms with Gasteiger partial charge in [0.25, 0.3) is 11.8 Å². The summed E-state index contributed by atoms with van der Waals surface area (Å²) in [4.78, 5) is 26.2. The summed E-state index contributed by atoms with van der Waals surface area (Å²) >= 11 is 0. The standard InChI is InChI=1S/C10H14N4O6/c11-8(18)4-5(9(12)19)14(2-13-4)10-7(17)6(16)3(1-15)20-10/h2-3,6-7,10,15-17H,1H2,(H2,11,18)(H2,12,19)/t3-,6-,7-,10-/m0/s1. The highest BCUT2D eigenvalue weighted by molar-refractivity contribution is 6.03. The van der Waals surface area contributed by atoms with E-state index in [1.54, 1.807) is 0 Å². The number of hydrogen-bond acceptors (Lipinski definition) is 7. The number of primary amides is 2. The second-order valence-corrected chi connectivity index (χ2v) is 4.31. The quantitative estimate of drug-likeness (QED) is 0.385. The Kier molecular flexibility index (Phi) is 3.72. The Morgan fingerprint density at radius 2 is 1.95 bits per heavy atom. The number of hydrogen-bond donors (Lipinski definition) is 5. The van der Waals surface area contributed by atoms with Gasteiger partial charge < -0.3 is 31.5 Å². The molecule has 1 aromatic heterocycles. The van der Waals surface area contributed by atoms with E-state index in [-0.39, 0.29) is 11.4 Å². The van der Waals surface area contributed by atoms with Crippen LogP contribution in [0.4, 0.5) is 0 Å². The van der Waals surface area contributed by atoms with Crippen LogP contribution in [0.5, 0.6) is 0 Å². The zero-order valence-electron chi connectivity index (χ0n) is 10.2. The molecule has 7 N–H and O–H groups in total. The Bertz CT molecular complexity index is 544. The summed E-state index contributed by atoms with van der Waals surface area (Å²) in [6.07, 6.45) is -3.99. The van der Waals surface area contributed by atoms with Crippen LogP contribution < -0.4 is 11.5 Å². The van der Waals surface area contributed by atoms with E-state index in [2.05, 4.69) is 4.98 Å². The van der Waals surface area contributed by atoms with E-state index in [0.717, 1.165) is 10.9 Å². The molecular formula is C10H14N4O6. The van der Waals surface area contributed by atoms with Gasteiger partial charge in [0.1, 0.15) is 24.0 Å². The molecule has 0 aliphatic carbocycles. The molecule has 1 saturated heterocycles. The van der Waals surface area contributed by atoms with Crippen LogP contribution in [0.25, 0.3) is 0 Å². The molecule has 2 amide bonds. The maximum Gasteiger partial charge on any atom is 0.269 e. The van der Waals surface area contributed by atoms with Crippen LogP contribution in [0.1, 0.15) is 27.2 Å². The number of amides is 2. The number of nitrogens with zero attached hydrogens (tertiary/aromatic N) is 2. The molecule has 0 unspecified atom stereocenters. The van der Waals surface area contributed by atoms with E-state index in [4.69, 9.17) is 21.3 Å². The number of ether oxygens (including phenoxy) is 1. The minimum atomic E-state index is -1.43. The molecule has 0 bridgehead atoms. The van der Waals surface area contributed by atoms with E-state index in [0.29, 0.717) is 0 Å². The molecule has 110 valence electrons. The van der Waals surface area contributed by atoms with Crippen molar-refractivity contribution in [2.24, 2.45) is 11.5 Å². The van der Waals surface area contributed by atoms with Gasteiger partial charge in [-0.15, -0.1) is 0 Å². The summed E-state index contributed by atoms with van der Waals surface area (Å²) in [7, 11) is 0. The second kappa shape index (κ2) is 5.17. The molecule has 2 rings (SSSR count). The number of aliphatic hydroxyl groups excluding tert-OH is 3. The number of imidazole rings is 1. The summed E-state index contributed by atoms with van der Waals surface area (Å²) in [5.74, 6) is -1.96. The molecule has 1 aromatic rings. The van der Waals surface area contributed by atoms with E-state index >= 15 is 0 Å². The Labute approximate surface area is 112 Å². The van der Waals surface area contributed by atoms with Gasteiger partial charge in [0.15, 0.2) is 11.9 Å². The van der Waals surface area contributed by atoms with Gasteiger partial charge in [-0.25, -0.2) is 4.98 Å². The smallest absolute Gasteiger partial charge is 0.269 e. The third-order valence-corrected chi connectivity index (χ3v) is 3.05. The molecular weight excluding hydrogens is 272 g/mol. The number of nitrogens with two attached hydrogens (primary N) is 2. The summed E-state index contributed by atoms with van der Waals surface area (Å²) < 4.78 is 6.22. The average molecular weight is 286 g/mol. The molecule has 10 heteroatoms. The van der Waals surface area contributed by atoms with Gasteiger partial charge in [-0.2, -0.15) is 0 Å². The normalized spacial score (nSPS) is 29.6. The predicted molar refractivity (Wildman–Crippen MR) is 62.3 cm³/mol. The van der Waals surface area contributed by atoms with Crippen LogP contribution in [0.3, 0.4) is 0 Å². The summed E-state index contributed by atoms with van der Waals surface area (Å²) in [6.45, 7) is -0.530. The van der Waals surface area contributed by atoms with Crippen LogP contribution in [0, 0.1) is 0 Å². The van der Waals surface area contributed by atoms with Gasteiger partial charge in [0, 0.05) is 0 Å². The topological polar surface area (TPSA) is 174 Å². The van der Waals surface area contributed by atoms with E-state index < -0.39 is 43.0 Å². The molecule has 1 fully saturated rings. The molecule has 0 radical (unpaired) electrons. The fourth-order valence-corrected chi connectivity index (χ4v) is 2.09. The minimum Gasteiger partial charge on any atom is -0.394 e.